The van der Waals surface area contributed by atoms with E-state index in [4.69, 9.17) is 9.47 Å². The van der Waals surface area contributed by atoms with Gasteiger partial charge in [0.2, 0.25) is 6.10 Å². The van der Waals surface area contributed by atoms with E-state index in [0.29, 0.717) is 30.4 Å². The van der Waals surface area contributed by atoms with Gasteiger partial charge in [-0.15, -0.1) is 0 Å². The molecular formula is C16H18N4O3. The van der Waals surface area contributed by atoms with Crippen molar-refractivity contribution in [2.24, 2.45) is 0 Å². The van der Waals surface area contributed by atoms with Gasteiger partial charge in [-0.05, 0) is 19.1 Å². The topological polar surface area (TPSA) is 85.4 Å². The first-order valence-corrected chi connectivity index (χ1v) is 7.44. The van der Waals surface area contributed by atoms with Gasteiger partial charge in [0.15, 0.2) is 11.5 Å². The zero-order valence-corrected chi connectivity index (χ0v) is 12.7. The lowest BCUT2D eigenvalue weighted by molar-refractivity contribution is -0.133. The molecule has 2 aromatic rings. The molecule has 1 amide bonds. The lowest BCUT2D eigenvalue weighted by Crippen LogP contribution is -2.49. The highest BCUT2D eigenvalue weighted by atomic mass is 16.6. The third-order valence-electron chi connectivity index (χ3n) is 3.39. The molecule has 7 heteroatoms. The summed E-state index contributed by atoms with van der Waals surface area (Å²) < 4.78 is 11.5. The molecule has 0 radical (unpaired) electrons. The fourth-order valence-corrected chi connectivity index (χ4v) is 2.27. The first kappa shape index (κ1) is 15.1. The number of hydrogen-bond donors (Lipinski definition) is 2. The molecule has 0 aliphatic carbocycles. The van der Waals surface area contributed by atoms with Gasteiger partial charge in [-0.3, -0.25) is 9.78 Å². The highest BCUT2D eigenvalue weighted by Gasteiger charge is 2.33. The third kappa shape index (κ3) is 3.68. The van der Waals surface area contributed by atoms with Crippen LogP contribution in [0.15, 0.2) is 42.9 Å². The van der Waals surface area contributed by atoms with E-state index in [1.54, 1.807) is 24.7 Å². The number of carbonyl (C=O) groups is 1. The Hall–Kier alpha value is -2.83. The van der Waals surface area contributed by atoms with Gasteiger partial charge in [0, 0.05) is 25.5 Å². The average molecular weight is 314 g/mol. The summed E-state index contributed by atoms with van der Waals surface area (Å²) in [5, 5.41) is 5.90. The molecule has 0 fully saturated rings. The number of ether oxygens (including phenoxy) is 2. The summed E-state index contributed by atoms with van der Waals surface area (Å²) in [4.78, 5) is 20.3. The lowest BCUT2D eigenvalue weighted by Gasteiger charge is -2.31. The van der Waals surface area contributed by atoms with Crippen molar-refractivity contribution in [3.05, 3.63) is 42.9 Å². The fraction of sp³-hybridized carbons (Fsp3) is 0.312. The molecule has 2 N–H and O–H groups in total. The predicted molar refractivity (Wildman–Crippen MR) is 84.5 cm³/mol. The predicted octanol–water partition coefficient (Wildman–Crippen LogP) is 1.23. The molecule has 120 valence electrons. The van der Waals surface area contributed by atoms with Crippen molar-refractivity contribution in [1.82, 2.24) is 15.3 Å². The second-order valence-electron chi connectivity index (χ2n) is 5.12. The van der Waals surface area contributed by atoms with Crippen molar-refractivity contribution in [3.63, 3.8) is 0 Å². The molecule has 3 rings (SSSR count). The average Bonchev–Trinajstić information content (AvgIpc) is 2.59. The minimum atomic E-state index is -0.665. The Morgan fingerprint density at radius 2 is 1.96 bits per heavy atom. The quantitative estimate of drug-likeness (QED) is 0.808. The standard InChI is InChI=1S/C16H18N4O3/c1-11-15(23-13-5-3-2-4-12(13)22-11)16(21)20-9-8-19-14-10-17-6-7-18-14/h2-7,10-11,15H,8-9H2,1H3,(H,18,19)(H,20,21). The summed E-state index contributed by atoms with van der Waals surface area (Å²) in [7, 11) is 0. The van der Waals surface area contributed by atoms with Crippen LogP contribution >= 0.6 is 0 Å². The van der Waals surface area contributed by atoms with E-state index in [9.17, 15) is 4.79 Å². The maximum atomic E-state index is 12.3. The number of anilines is 1. The van der Waals surface area contributed by atoms with E-state index in [1.165, 1.54) is 0 Å². The van der Waals surface area contributed by atoms with Gasteiger partial charge in [0.1, 0.15) is 11.9 Å². The number of rotatable bonds is 5. The zero-order chi connectivity index (χ0) is 16.1. The Morgan fingerprint density at radius 3 is 2.70 bits per heavy atom. The number of amides is 1. The Bertz CT molecular complexity index is 665. The summed E-state index contributed by atoms with van der Waals surface area (Å²) in [6.45, 7) is 2.81. The van der Waals surface area contributed by atoms with Crippen LogP contribution < -0.4 is 20.1 Å². The minimum Gasteiger partial charge on any atom is -0.482 e. The van der Waals surface area contributed by atoms with Crippen LogP contribution in [0.5, 0.6) is 11.5 Å². The molecule has 2 unspecified atom stereocenters. The smallest absolute Gasteiger partial charge is 0.265 e. The van der Waals surface area contributed by atoms with Crippen LogP contribution in [0, 0.1) is 0 Å². The summed E-state index contributed by atoms with van der Waals surface area (Å²) in [5.74, 6) is 1.71. The molecule has 2 atom stereocenters. The van der Waals surface area contributed by atoms with E-state index < -0.39 is 6.10 Å². The maximum absolute atomic E-state index is 12.3. The van der Waals surface area contributed by atoms with Crippen molar-refractivity contribution in [3.8, 4) is 11.5 Å². The van der Waals surface area contributed by atoms with Gasteiger partial charge < -0.3 is 20.1 Å². The largest absolute Gasteiger partial charge is 0.482 e. The van der Waals surface area contributed by atoms with E-state index in [2.05, 4.69) is 20.6 Å². The molecule has 1 aromatic heterocycles. The van der Waals surface area contributed by atoms with Crippen LogP contribution in [0.1, 0.15) is 6.92 Å². The molecule has 0 spiro atoms. The van der Waals surface area contributed by atoms with Crippen LogP contribution in [0.3, 0.4) is 0 Å². The number of fused-ring (bicyclic) bond motifs is 1. The Morgan fingerprint density at radius 1 is 1.17 bits per heavy atom. The van der Waals surface area contributed by atoms with Crippen LogP contribution in [0.25, 0.3) is 0 Å². The molecular weight excluding hydrogens is 296 g/mol. The third-order valence-corrected chi connectivity index (χ3v) is 3.39. The number of nitrogens with one attached hydrogen (secondary N) is 2. The Balaban J connectivity index is 1.49. The molecule has 0 saturated heterocycles. The lowest BCUT2D eigenvalue weighted by atomic mass is 10.1. The second-order valence-corrected chi connectivity index (χ2v) is 5.12. The maximum Gasteiger partial charge on any atom is 0.265 e. The van der Waals surface area contributed by atoms with Gasteiger partial charge in [-0.25, -0.2) is 4.98 Å². The SMILES string of the molecule is CC1Oc2ccccc2OC1C(=O)NCCNc1cnccn1. The van der Waals surface area contributed by atoms with Gasteiger partial charge in [0.05, 0.1) is 6.20 Å². The fourth-order valence-electron chi connectivity index (χ4n) is 2.27. The number of hydrogen-bond acceptors (Lipinski definition) is 6. The molecule has 0 saturated carbocycles. The van der Waals surface area contributed by atoms with Crippen LogP contribution in [-0.2, 0) is 4.79 Å². The van der Waals surface area contributed by atoms with Crippen molar-refractivity contribution in [1.29, 1.82) is 0 Å². The molecule has 0 bridgehead atoms. The highest BCUT2D eigenvalue weighted by molar-refractivity contribution is 5.82. The van der Waals surface area contributed by atoms with Crippen molar-refractivity contribution in [2.75, 3.05) is 18.4 Å². The zero-order valence-electron chi connectivity index (χ0n) is 12.7. The van der Waals surface area contributed by atoms with Gasteiger partial charge in [0.25, 0.3) is 5.91 Å². The molecule has 1 aromatic carbocycles. The number of nitrogens with zero attached hydrogens (tertiary/aromatic N) is 2. The molecule has 2 heterocycles. The highest BCUT2D eigenvalue weighted by Crippen LogP contribution is 2.33. The number of para-hydroxylation sites is 2. The van der Waals surface area contributed by atoms with Crippen LogP contribution in [-0.4, -0.2) is 41.2 Å². The summed E-state index contributed by atoms with van der Waals surface area (Å²) in [6, 6.07) is 7.33. The van der Waals surface area contributed by atoms with Crippen molar-refractivity contribution >= 4 is 11.7 Å². The Labute approximate surface area is 134 Å². The van der Waals surface area contributed by atoms with Crippen LogP contribution in [0.4, 0.5) is 5.82 Å². The van der Waals surface area contributed by atoms with E-state index in [0.717, 1.165) is 0 Å². The second kappa shape index (κ2) is 6.95. The van der Waals surface area contributed by atoms with E-state index >= 15 is 0 Å². The number of benzene rings is 1. The van der Waals surface area contributed by atoms with Gasteiger partial charge >= 0.3 is 0 Å². The molecule has 23 heavy (non-hydrogen) atoms. The van der Waals surface area contributed by atoms with Gasteiger partial charge in [-0.2, -0.15) is 0 Å². The van der Waals surface area contributed by atoms with Crippen molar-refractivity contribution < 1.29 is 14.3 Å². The molecule has 1 aliphatic rings. The molecule has 7 nitrogen and oxygen atoms in total. The van der Waals surface area contributed by atoms with E-state index in [-0.39, 0.29) is 12.0 Å². The van der Waals surface area contributed by atoms with Crippen LogP contribution in [0.2, 0.25) is 0 Å². The first-order valence-electron chi connectivity index (χ1n) is 7.44. The van der Waals surface area contributed by atoms with E-state index in [1.807, 2.05) is 25.1 Å². The monoisotopic (exact) mass is 314 g/mol. The number of carbonyl (C=O) groups excluding carboxylic acids is 1. The minimum absolute atomic E-state index is 0.201. The summed E-state index contributed by atoms with van der Waals surface area (Å²) in [6.07, 6.45) is 3.82. The normalized spacial score (nSPS) is 19.0. The van der Waals surface area contributed by atoms with Gasteiger partial charge in [-0.1, -0.05) is 12.1 Å². The summed E-state index contributed by atoms with van der Waals surface area (Å²) in [5.41, 5.74) is 0. The van der Waals surface area contributed by atoms with Crippen molar-refractivity contribution in [2.45, 2.75) is 19.1 Å². The summed E-state index contributed by atoms with van der Waals surface area (Å²) >= 11 is 0. The molecule has 1 aliphatic heterocycles. The first-order chi connectivity index (χ1) is 11.2. The Kier molecular flexibility index (Phi) is 4.56. The number of aromatic nitrogens is 2.